The Morgan fingerprint density at radius 3 is 2.79 bits per heavy atom. The molecule has 0 bridgehead atoms. The molecule has 0 saturated carbocycles. The lowest BCUT2D eigenvalue weighted by Crippen LogP contribution is -2.43. The largest absolute Gasteiger partial charge is 0.381 e. The molecule has 0 aromatic heterocycles. The fourth-order valence-corrected chi connectivity index (χ4v) is 4.54. The number of ether oxygens (including phenoxy) is 2. The van der Waals surface area contributed by atoms with Gasteiger partial charge in [0.2, 0.25) is 0 Å². The third-order valence-electron chi connectivity index (χ3n) is 5.87. The molecular formula is C15H26N2O2. The van der Waals surface area contributed by atoms with Crippen LogP contribution < -0.4 is 5.32 Å². The first-order chi connectivity index (χ1) is 9.29. The highest BCUT2D eigenvalue weighted by molar-refractivity contribution is 5.00. The topological polar surface area (TPSA) is 33.7 Å². The minimum Gasteiger partial charge on any atom is -0.381 e. The van der Waals surface area contributed by atoms with E-state index < -0.39 is 0 Å². The maximum atomic E-state index is 6.24. The average molecular weight is 266 g/mol. The Labute approximate surface area is 115 Å². The molecule has 4 nitrogen and oxygen atoms in total. The summed E-state index contributed by atoms with van der Waals surface area (Å²) in [5, 5.41) is 3.45. The van der Waals surface area contributed by atoms with Gasteiger partial charge in [-0.25, -0.2) is 0 Å². The number of piperidine rings is 1. The molecule has 4 heteroatoms. The lowest BCUT2D eigenvalue weighted by atomic mass is 9.86. The minimum absolute atomic E-state index is 0.206. The van der Waals surface area contributed by atoms with E-state index in [-0.39, 0.29) is 5.60 Å². The van der Waals surface area contributed by atoms with Gasteiger partial charge in [-0.15, -0.1) is 0 Å². The Bertz CT molecular complexity index is 335. The first-order valence-corrected chi connectivity index (χ1v) is 7.96. The van der Waals surface area contributed by atoms with Crippen molar-refractivity contribution in [3.63, 3.8) is 0 Å². The summed E-state index contributed by atoms with van der Waals surface area (Å²) in [7, 11) is 0. The predicted octanol–water partition coefficient (Wildman–Crippen LogP) is 1.01. The van der Waals surface area contributed by atoms with Crippen molar-refractivity contribution in [3.05, 3.63) is 0 Å². The van der Waals surface area contributed by atoms with Crippen molar-refractivity contribution < 1.29 is 9.47 Å². The van der Waals surface area contributed by atoms with Gasteiger partial charge in [0.05, 0.1) is 18.8 Å². The number of hydrogen-bond acceptors (Lipinski definition) is 4. The van der Waals surface area contributed by atoms with Gasteiger partial charge < -0.3 is 14.8 Å². The molecule has 0 aromatic carbocycles. The summed E-state index contributed by atoms with van der Waals surface area (Å²) < 4.78 is 11.9. The lowest BCUT2D eigenvalue weighted by Gasteiger charge is -2.33. The van der Waals surface area contributed by atoms with Gasteiger partial charge in [0, 0.05) is 24.6 Å². The molecule has 4 saturated heterocycles. The van der Waals surface area contributed by atoms with E-state index in [1.807, 2.05) is 0 Å². The molecular weight excluding hydrogens is 240 g/mol. The predicted molar refractivity (Wildman–Crippen MR) is 73.3 cm³/mol. The molecule has 2 atom stereocenters. The molecule has 108 valence electrons. The Balaban J connectivity index is 1.39. The van der Waals surface area contributed by atoms with Gasteiger partial charge in [-0.1, -0.05) is 0 Å². The molecule has 0 radical (unpaired) electrons. The number of nitrogens with zero attached hydrogens (tertiary/aromatic N) is 1. The van der Waals surface area contributed by atoms with E-state index in [0.717, 1.165) is 32.9 Å². The molecule has 0 amide bonds. The van der Waals surface area contributed by atoms with Crippen LogP contribution in [0.5, 0.6) is 0 Å². The van der Waals surface area contributed by atoms with E-state index >= 15 is 0 Å². The van der Waals surface area contributed by atoms with Crippen molar-refractivity contribution in [2.75, 3.05) is 46.0 Å². The summed E-state index contributed by atoms with van der Waals surface area (Å²) in [5.74, 6) is 0. The van der Waals surface area contributed by atoms with Gasteiger partial charge >= 0.3 is 0 Å². The number of hydrogen-bond donors (Lipinski definition) is 1. The van der Waals surface area contributed by atoms with Crippen LogP contribution in [0.25, 0.3) is 0 Å². The second-order valence-electron chi connectivity index (χ2n) is 7.13. The molecule has 4 fully saturated rings. The smallest absolute Gasteiger partial charge is 0.0723 e. The number of nitrogens with one attached hydrogen (secondary N) is 1. The summed E-state index contributed by atoms with van der Waals surface area (Å²) in [6, 6.07) is 0.665. The first-order valence-electron chi connectivity index (χ1n) is 7.96. The number of rotatable bonds is 1. The molecule has 4 aliphatic heterocycles. The zero-order valence-corrected chi connectivity index (χ0v) is 11.8. The van der Waals surface area contributed by atoms with Gasteiger partial charge in [0.25, 0.3) is 0 Å². The van der Waals surface area contributed by atoms with Gasteiger partial charge in [0.15, 0.2) is 0 Å². The van der Waals surface area contributed by atoms with Crippen LogP contribution in [0.3, 0.4) is 0 Å². The fourth-order valence-electron chi connectivity index (χ4n) is 4.54. The highest BCUT2D eigenvalue weighted by atomic mass is 16.5. The zero-order valence-electron chi connectivity index (χ0n) is 11.8. The lowest BCUT2D eigenvalue weighted by molar-refractivity contribution is -0.0201. The van der Waals surface area contributed by atoms with Gasteiger partial charge in [-0.05, 0) is 51.7 Å². The van der Waals surface area contributed by atoms with Crippen LogP contribution in [0.1, 0.15) is 32.1 Å². The van der Waals surface area contributed by atoms with E-state index in [0.29, 0.717) is 11.5 Å². The zero-order chi connectivity index (χ0) is 12.8. The molecule has 4 aliphatic rings. The van der Waals surface area contributed by atoms with Gasteiger partial charge in [-0.2, -0.15) is 0 Å². The van der Waals surface area contributed by atoms with Crippen molar-refractivity contribution in [2.45, 2.75) is 43.7 Å². The summed E-state index contributed by atoms with van der Waals surface area (Å²) in [4.78, 5) is 2.70. The Hall–Kier alpha value is -0.160. The van der Waals surface area contributed by atoms with Crippen LogP contribution in [0.4, 0.5) is 0 Å². The van der Waals surface area contributed by atoms with E-state index in [1.165, 1.54) is 45.2 Å². The van der Waals surface area contributed by atoms with E-state index in [1.54, 1.807) is 0 Å². The maximum absolute atomic E-state index is 6.24. The normalized spacial score (nSPS) is 42.6. The molecule has 0 aromatic rings. The van der Waals surface area contributed by atoms with Crippen molar-refractivity contribution in [1.82, 2.24) is 10.2 Å². The second kappa shape index (κ2) is 4.69. The molecule has 4 heterocycles. The van der Waals surface area contributed by atoms with Crippen LogP contribution in [0.2, 0.25) is 0 Å². The third kappa shape index (κ3) is 2.23. The summed E-state index contributed by atoms with van der Waals surface area (Å²) >= 11 is 0. The summed E-state index contributed by atoms with van der Waals surface area (Å²) in [6.45, 7) is 7.68. The summed E-state index contributed by atoms with van der Waals surface area (Å²) in [5.41, 5.74) is 0.696. The SMILES string of the molecule is C1CC2(CCN1)CC(N1CCC3(CCOC3)C1)CO2. The average Bonchev–Trinajstić information content (AvgIpc) is 3.14. The standard InChI is InChI=1S/C15H26N2O2/c1-5-16-6-2-15(1)9-13(10-19-15)17-7-3-14(11-17)4-8-18-12-14/h13,16H,1-12H2. The number of likely N-dealkylation sites (tertiary alicyclic amines) is 1. The highest BCUT2D eigenvalue weighted by Crippen LogP contribution is 2.42. The van der Waals surface area contributed by atoms with Crippen LogP contribution in [0, 0.1) is 5.41 Å². The Morgan fingerprint density at radius 1 is 1.11 bits per heavy atom. The van der Waals surface area contributed by atoms with Crippen molar-refractivity contribution in [2.24, 2.45) is 5.41 Å². The molecule has 19 heavy (non-hydrogen) atoms. The molecule has 0 aliphatic carbocycles. The Morgan fingerprint density at radius 2 is 2.00 bits per heavy atom. The van der Waals surface area contributed by atoms with E-state index in [4.69, 9.17) is 9.47 Å². The molecule has 2 unspecified atom stereocenters. The quantitative estimate of drug-likeness (QED) is 0.768. The van der Waals surface area contributed by atoms with Crippen molar-refractivity contribution >= 4 is 0 Å². The fraction of sp³-hybridized carbons (Fsp3) is 1.00. The molecule has 4 rings (SSSR count). The van der Waals surface area contributed by atoms with Crippen molar-refractivity contribution in [3.8, 4) is 0 Å². The highest BCUT2D eigenvalue weighted by Gasteiger charge is 2.48. The van der Waals surface area contributed by atoms with E-state index in [2.05, 4.69) is 10.2 Å². The van der Waals surface area contributed by atoms with Gasteiger partial charge in [0.1, 0.15) is 0 Å². The van der Waals surface area contributed by atoms with Crippen LogP contribution in [0.15, 0.2) is 0 Å². The second-order valence-corrected chi connectivity index (χ2v) is 7.13. The summed E-state index contributed by atoms with van der Waals surface area (Å²) in [6.07, 6.45) is 6.26. The van der Waals surface area contributed by atoms with Crippen molar-refractivity contribution in [1.29, 1.82) is 0 Å². The van der Waals surface area contributed by atoms with Crippen LogP contribution >= 0.6 is 0 Å². The molecule has 2 spiro atoms. The minimum atomic E-state index is 0.206. The maximum Gasteiger partial charge on any atom is 0.0723 e. The monoisotopic (exact) mass is 266 g/mol. The molecule has 1 N–H and O–H groups in total. The van der Waals surface area contributed by atoms with Crippen LogP contribution in [-0.2, 0) is 9.47 Å². The third-order valence-corrected chi connectivity index (χ3v) is 5.87. The van der Waals surface area contributed by atoms with Gasteiger partial charge in [-0.3, -0.25) is 4.90 Å². The first kappa shape index (κ1) is 12.6. The Kier molecular flexibility index (Phi) is 3.10. The van der Waals surface area contributed by atoms with E-state index in [9.17, 15) is 0 Å². The van der Waals surface area contributed by atoms with Crippen LogP contribution in [-0.4, -0.2) is 62.5 Å².